The molecule has 2 heterocycles. The molecule has 2 aromatic heterocycles. The Balaban J connectivity index is 1.57. The third kappa shape index (κ3) is 3.71. The van der Waals surface area contributed by atoms with Crippen molar-refractivity contribution < 1.29 is 9.18 Å². The van der Waals surface area contributed by atoms with Gasteiger partial charge in [0.05, 0.1) is 0 Å². The van der Waals surface area contributed by atoms with Gasteiger partial charge in [-0.05, 0) is 56.3 Å². The molecule has 0 aliphatic rings. The number of aryl methyl sites for hydroxylation is 2. The number of tetrazole rings is 1. The number of rotatable bonds is 5. The predicted octanol–water partition coefficient (Wildman–Crippen LogP) is 4.08. The number of hydrogen-bond donors (Lipinski definition) is 0. The predicted molar refractivity (Wildman–Crippen MR) is 108 cm³/mol. The molecule has 0 aliphatic heterocycles. The van der Waals surface area contributed by atoms with Crippen molar-refractivity contribution in [3.8, 4) is 17.1 Å². The molecule has 7 heteroatoms. The van der Waals surface area contributed by atoms with Crippen molar-refractivity contribution in [1.82, 2.24) is 24.8 Å². The average Bonchev–Trinajstić information content (AvgIpc) is 3.27. The van der Waals surface area contributed by atoms with Gasteiger partial charge in [-0.3, -0.25) is 4.79 Å². The third-order valence-corrected chi connectivity index (χ3v) is 4.86. The second-order valence-electron chi connectivity index (χ2n) is 7.03. The summed E-state index contributed by atoms with van der Waals surface area (Å²) in [6.45, 7) is 5.79. The van der Waals surface area contributed by atoms with E-state index < -0.39 is 0 Å². The Morgan fingerprint density at radius 2 is 1.69 bits per heavy atom. The zero-order valence-corrected chi connectivity index (χ0v) is 16.4. The van der Waals surface area contributed by atoms with E-state index >= 15 is 0 Å². The summed E-state index contributed by atoms with van der Waals surface area (Å²) in [6.07, 6.45) is 0. The number of nitrogens with zero attached hydrogens (tertiary/aromatic N) is 5. The summed E-state index contributed by atoms with van der Waals surface area (Å²) in [5.41, 5.74) is 5.07. The lowest BCUT2D eigenvalue weighted by Gasteiger charge is -2.09. The Kier molecular flexibility index (Phi) is 4.80. The lowest BCUT2D eigenvalue weighted by Crippen LogP contribution is -2.14. The lowest BCUT2D eigenvalue weighted by atomic mass is 10.1. The zero-order valence-electron chi connectivity index (χ0n) is 16.4. The van der Waals surface area contributed by atoms with Gasteiger partial charge in [0, 0.05) is 28.2 Å². The Labute approximate surface area is 167 Å². The van der Waals surface area contributed by atoms with E-state index in [-0.39, 0.29) is 18.1 Å². The van der Waals surface area contributed by atoms with E-state index in [1.807, 2.05) is 55.7 Å². The van der Waals surface area contributed by atoms with Crippen molar-refractivity contribution in [2.45, 2.75) is 27.3 Å². The van der Waals surface area contributed by atoms with Gasteiger partial charge >= 0.3 is 0 Å². The number of carbonyl (C=O) groups excluding carboxylic acids is 1. The van der Waals surface area contributed by atoms with Crippen LogP contribution in [0.2, 0.25) is 0 Å². The lowest BCUT2D eigenvalue weighted by molar-refractivity contribution is 0.0961. The van der Waals surface area contributed by atoms with Crippen LogP contribution in [0.1, 0.15) is 27.3 Å². The molecule has 146 valence electrons. The van der Waals surface area contributed by atoms with Crippen LogP contribution < -0.4 is 0 Å². The summed E-state index contributed by atoms with van der Waals surface area (Å²) in [5, 5.41) is 12.4. The molecule has 0 N–H and O–H groups in total. The van der Waals surface area contributed by atoms with Crippen LogP contribution in [0.5, 0.6) is 0 Å². The van der Waals surface area contributed by atoms with Gasteiger partial charge in [0.2, 0.25) is 5.82 Å². The molecule has 0 amide bonds. The molecule has 0 unspecified atom stereocenters. The maximum atomic E-state index is 13.2. The van der Waals surface area contributed by atoms with E-state index in [1.165, 1.54) is 16.9 Å². The monoisotopic (exact) mass is 389 g/mol. The molecule has 29 heavy (non-hydrogen) atoms. The van der Waals surface area contributed by atoms with Gasteiger partial charge in [-0.25, -0.2) is 4.39 Å². The molecule has 6 nitrogen and oxygen atoms in total. The first-order valence-electron chi connectivity index (χ1n) is 9.25. The van der Waals surface area contributed by atoms with Gasteiger partial charge in [0.15, 0.2) is 5.78 Å². The van der Waals surface area contributed by atoms with Crippen LogP contribution in [0.15, 0.2) is 54.6 Å². The number of ketones is 1. The zero-order chi connectivity index (χ0) is 20.5. The number of benzene rings is 2. The summed E-state index contributed by atoms with van der Waals surface area (Å²) < 4.78 is 15.2. The van der Waals surface area contributed by atoms with Gasteiger partial charge in [0.25, 0.3) is 0 Å². The highest BCUT2D eigenvalue weighted by molar-refractivity contribution is 5.97. The Hall–Kier alpha value is -3.61. The minimum atomic E-state index is -0.297. The Morgan fingerprint density at radius 3 is 2.38 bits per heavy atom. The van der Waals surface area contributed by atoms with Crippen molar-refractivity contribution >= 4 is 5.78 Å². The fourth-order valence-electron chi connectivity index (χ4n) is 3.37. The summed E-state index contributed by atoms with van der Waals surface area (Å²) in [5.74, 6) is 0.0723. The van der Waals surface area contributed by atoms with Crippen molar-refractivity contribution in [3.05, 3.63) is 82.9 Å². The molecule has 0 atom stereocenters. The standard InChI is InChI=1S/C22H20FN5O/c1-14-4-6-17(7-5-14)22-24-26-27(25-22)13-21(29)20-12-15(2)28(16(20)3)19-10-8-18(23)9-11-19/h4-12H,13H2,1-3H3. The van der Waals surface area contributed by atoms with E-state index in [9.17, 15) is 9.18 Å². The molecule has 0 saturated carbocycles. The van der Waals surface area contributed by atoms with Crippen LogP contribution >= 0.6 is 0 Å². The normalized spacial score (nSPS) is 11.0. The topological polar surface area (TPSA) is 65.6 Å². The fraction of sp³-hybridized carbons (Fsp3) is 0.182. The molecule has 2 aromatic carbocycles. The Bertz CT molecular complexity index is 1170. The molecule has 0 spiro atoms. The summed E-state index contributed by atoms with van der Waals surface area (Å²) >= 11 is 0. The van der Waals surface area contributed by atoms with Gasteiger partial charge in [-0.2, -0.15) is 4.80 Å². The van der Waals surface area contributed by atoms with Crippen molar-refractivity contribution in [1.29, 1.82) is 0 Å². The highest BCUT2D eigenvalue weighted by atomic mass is 19.1. The molecule has 0 bridgehead atoms. The molecular weight excluding hydrogens is 369 g/mol. The van der Waals surface area contributed by atoms with E-state index in [0.29, 0.717) is 11.4 Å². The SMILES string of the molecule is Cc1ccc(-c2nnn(CC(=O)c3cc(C)n(-c4ccc(F)cc4)c3C)n2)cc1. The highest BCUT2D eigenvalue weighted by Crippen LogP contribution is 2.22. The minimum absolute atomic E-state index is 0.00737. The second-order valence-corrected chi connectivity index (χ2v) is 7.03. The van der Waals surface area contributed by atoms with Crippen LogP contribution in [-0.2, 0) is 6.54 Å². The van der Waals surface area contributed by atoms with Gasteiger partial charge < -0.3 is 4.57 Å². The van der Waals surface area contributed by atoms with Gasteiger partial charge in [-0.15, -0.1) is 10.2 Å². The van der Waals surface area contributed by atoms with Crippen LogP contribution in [0.3, 0.4) is 0 Å². The van der Waals surface area contributed by atoms with Crippen LogP contribution in [0.4, 0.5) is 4.39 Å². The van der Waals surface area contributed by atoms with E-state index in [0.717, 1.165) is 28.2 Å². The molecule has 4 rings (SSSR count). The van der Waals surface area contributed by atoms with Gasteiger partial charge in [0.1, 0.15) is 12.4 Å². The van der Waals surface area contributed by atoms with Crippen LogP contribution in [0.25, 0.3) is 17.1 Å². The molecule has 0 fully saturated rings. The summed E-state index contributed by atoms with van der Waals surface area (Å²) in [7, 11) is 0. The number of aromatic nitrogens is 5. The molecule has 0 radical (unpaired) electrons. The first-order chi connectivity index (χ1) is 13.9. The summed E-state index contributed by atoms with van der Waals surface area (Å²) in [6, 6.07) is 15.8. The first-order valence-corrected chi connectivity index (χ1v) is 9.25. The average molecular weight is 389 g/mol. The molecule has 4 aromatic rings. The second kappa shape index (κ2) is 7.43. The smallest absolute Gasteiger partial charge is 0.204 e. The summed E-state index contributed by atoms with van der Waals surface area (Å²) in [4.78, 5) is 14.2. The number of hydrogen-bond acceptors (Lipinski definition) is 4. The number of halogens is 1. The van der Waals surface area contributed by atoms with E-state index in [4.69, 9.17) is 0 Å². The van der Waals surface area contributed by atoms with Gasteiger partial charge in [-0.1, -0.05) is 29.8 Å². The van der Waals surface area contributed by atoms with E-state index in [1.54, 1.807) is 12.1 Å². The number of carbonyl (C=O) groups is 1. The fourth-order valence-corrected chi connectivity index (χ4v) is 3.37. The maximum absolute atomic E-state index is 13.2. The van der Waals surface area contributed by atoms with Crippen LogP contribution in [-0.4, -0.2) is 30.6 Å². The molecule has 0 saturated heterocycles. The number of Topliss-reactive ketones (excluding diaryl/α,β-unsaturated/α-hetero) is 1. The van der Waals surface area contributed by atoms with E-state index in [2.05, 4.69) is 15.4 Å². The first kappa shape index (κ1) is 18.7. The van der Waals surface area contributed by atoms with Crippen molar-refractivity contribution in [2.24, 2.45) is 0 Å². The maximum Gasteiger partial charge on any atom is 0.204 e. The minimum Gasteiger partial charge on any atom is -0.318 e. The quantitative estimate of drug-likeness (QED) is 0.483. The highest BCUT2D eigenvalue weighted by Gasteiger charge is 2.18. The third-order valence-electron chi connectivity index (χ3n) is 4.86. The molecule has 0 aliphatic carbocycles. The van der Waals surface area contributed by atoms with Crippen molar-refractivity contribution in [2.75, 3.05) is 0 Å². The molecular formula is C22H20FN5O. The largest absolute Gasteiger partial charge is 0.318 e. The van der Waals surface area contributed by atoms with Crippen molar-refractivity contribution in [3.63, 3.8) is 0 Å². The van der Waals surface area contributed by atoms with Crippen LogP contribution in [0, 0.1) is 26.6 Å². The Morgan fingerprint density at radius 1 is 1.00 bits per heavy atom.